The van der Waals surface area contributed by atoms with E-state index >= 15 is 0 Å². The minimum Gasteiger partial charge on any atom is -0.488 e. The van der Waals surface area contributed by atoms with Crippen molar-refractivity contribution >= 4 is 0 Å². The summed E-state index contributed by atoms with van der Waals surface area (Å²) in [6.07, 6.45) is -2.88. The van der Waals surface area contributed by atoms with Crippen molar-refractivity contribution in [3.8, 4) is 28.1 Å². The Morgan fingerprint density at radius 1 is 0.806 bits per heavy atom. The Bertz CT molecular complexity index is 1190. The van der Waals surface area contributed by atoms with Crippen LogP contribution in [0.4, 0.5) is 13.2 Å². The van der Waals surface area contributed by atoms with Crippen molar-refractivity contribution in [3.05, 3.63) is 108 Å². The van der Waals surface area contributed by atoms with Crippen molar-refractivity contribution in [2.45, 2.75) is 19.7 Å². The predicted octanol–water partition coefficient (Wildman–Crippen LogP) is 7.32. The van der Waals surface area contributed by atoms with Gasteiger partial charge < -0.3 is 4.74 Å². The van der Waals surface area contributed by atoms with E-state index in [9.17, 15) is 13.2 Å². The lowest BCUT2D eigenvalue weighted by molar-refractivity contribution is -0.139. The van der Waals surface area contributed by atoms with Crippen molar-refractivity contribution in [2.75, 3.05) is 0 Å². The minimum atomic E-state index is -4.52. The lowest BCUT2D eigenvalue weighted by atomic mass is 9.95. The van der Waals surface area contributed by atoms with Crippen molar-refractivity contribution in [1.82, 2.24) is 4.98 Å². The van der Waals surface area contributed by atoms with Gasteiger partial charge in [0.05, 0.1) is 11.3 Å². The molecule has 2 nitrogen and oxygen atoms in total. The Hall–Kier alpha value is -3.60. The van der Waals surface area contributed by atoms with E-state index in [0.29, 0.717) is 11.3 Å². The Labute approximate surface area is 179 Å². The van der Waals surface area contributed by atoms with Crippen molar-refractivity contribution in [1.29, 1.82) is 0 Å². The molecule has 0 fully saturated rings. The molecule has 1 aromatic heterocycles. The maximum atomic E-state index is 13.6. The second kappa shape index (κ2) is 8.64. The molecular formula is C26H20F3NO. The van der Waals surface area contributed by atoms with E-state index in [4.69, 9.17) is 4.74 Å². The number of ether oxygens (including phenoxy) is 1. The molecule has 0 amide bonds. The predicted molar refractivity (Wildman–Crippen MR) is 116 cm³/mol. The zero-order valence-electron chi connectivity index (χ0n) is 16.9. The molecule has 0 aliphatic heterocycles. The molecule has 0 saturated heterocycles. The van der Waals surface area contributed by atoms with Gasteiger partial charge in [-0.3, -0.25) is 4.98 Å². The standard InChI is InChI=1S/C26H20F3NO/c1-18-8-5-6-11-21(18)22-12-7-15-30-25(22)20-13-14-23(26(27,28)29)24(16-20)31-17-19-9-3-2-4-10-19/h2-16H,17H2,1H3. The van der Waals surface area contributed by atoms with E-state index in [2.05, 4.69) is 4.98 Å². The fourth-order valence-corrected chi connectivity index (χ4v) is 3.49. The zero-order chi connectivity index (χ0) is 21.8. The van der Waals surface area contributed by atoms with Gasteiger partial charge in [0.25, 0.3) is 0 Å². The highest BCUT2D eigenvalue weighted by Crippen LogP contribution is 2.40. The number of hydrogen-bond donors (Lipinski definition) is 0. The molecule has 0 N–H and O–H groups in total. The highest BCUT2D eigenvalue weighted by Gasteiger charge is 2.34. The van der Waals surface area contributed by atoms with Crippen LogP contribution in [0.1, 0.15) is 16.7 Å². The molecule has 4 rings (SSSR count). The maximum absolute atomic E-state index is 13.6. The molecule has 0 aliphatic carbocycles. The largest absolute Gasteiger partial charge is 0.488 e. The first-order valence-corrected chi connectivity index (χ1v) is 9.83. The van der Waals surface area contributed by atoms with Crippen LogP contribution in [-0.2, 0) is 12.8 Å². The van der Waals surface area contributed by atoms with Crippen LogP contribution in [0.15, 0.2) is 91.1 Å². The average molecular weight is 419 g/mol. The third kappa shape index (κ3) is 4.61. The van der Waals surface area contributed by atoms with Crippen molar-refractivity contribution < 1.29 is 17.9 Å². The van der Waals surface area contributed by atoms with Crippen LogP contribution in [0.5, 0.6) is 5.75 Å². The first-order valence-electron chi connectivity index (χ1n) is 9.83. The fraction of sp³-hybridized carbons (Fsp3) is 0.115. The van der Waals surface area contributed by atoms with Crippen molar-refractivity contribution in [2.24, 2.45) is 0 Å². The molecule has 0 spiro atoms. The Kier molecular flexibility index (Phi) is 5.76. The van der Waals surface area contributed by atoms with Crippen LogP contribution < -0.4 is 4.74 Å². The van der Waals surface area contributed by atoms with Gasteiger partial charge in [0.1, 0.15) is 12.4 Å². The van der Waals surface area contributed by atoms with Crippen LogP contribution in [-0.4, -0.2) is 4.98 Å². The van der Waals surface area contributed by atoms with Crippen LogP contribution in [0.25, 0.3) is 22.4 Å². The summed E-state index contributed by atoms with van der Waals surface area (Å²) in [7, 11) is 0. The van der Waals surface area contributed by atoms with Gasteiger partial charge in [-0.2, -0.15) is 13.2 Å². The van der Waals surface area contributed by atoms with Gasteiger partial charge >= 0.3 is 6.18 Å². The lowest BCUT2D eigenvalue weighted by Gasteiger charge is -2.17. The topological polar surface area (TPSA) is 22.1 Å². The molecule has 4 aromatic rings. The van der Waals surface area contributed by atoms with E-state index in [0.717, 1.165) is 28.3 Å². The number of benzene rings is 3. The number of pyridine rings is 1. The second-order valence-corrected chi connectivity index (χ2v) is 7.20. The summed E-state index contributed by atoms with van der Waals surface area (Å²) in [5.74, 6) is -0.213. The number of alkyl halides is 3. The van der Waals surface area contributed by atoms with Crippen LogP contribution >= 0.6 is 0 Å². The highest BCUT2D eigenvalue weighted by molar-refractivity contribution is 5.82. The molecule has 0 saturated carbocycles. The lowest BCUT2D eigenvalue weighted by Crippen LogP contribution is -2.09. The first kappa shape index (κ1) is 20.7. The summed E-state index contributed by atoms with van der Waals surface area (Å²) >= 11 is 0. The Morgan fingerprint density at radius 3 is 2.26 bits per heavy atom. The number of hydrogen-bond acceptors (Lipinski definition) is 2. The summed E-state index contributed by atoms with van der Waals surface area (Å²) in [5, 5.41) is 0. The Balaban J connectivity index is 1.78. The first-order chi connectivity index (χ1) is 14.9. The van der Waals surface area contributed by atoms with Crippen LogP contribution in [0.2, 0.25) is 0 Å². The quantitative estimate of drug-likeness (QED) is 0.338. The smallest absolute Gasteiger partial charge is 0.419 e. The minimum absolute atomic E-state index is 0.0419. The Morgan fingerprint density at radius 2 is 1.52 bits per heavy atom. The van der Waals surface area contributed by atoms with Crippen molar-refractivity contribution in [3.63, 3.8) is 0 Å². The second-order valence-electron chi connectivity index (χ2n) is 7.20. The normalized spacial score (nSPS) is 11.4. The van der Waals surface area contributed by atoms with Gasteiger partial charge in [0.15, 0.2) is 0 Å². The monoisotopic (exact) mass is 419 g/mol. The molecule has 0 bridgehead atoms. The fourth-order valence-electron chi connectivity index (χ4n) is 3.49. The molecule has 3 aromatic carbocycles. The van der Waals surface area contributed by atoms with E-state index in [1.165, 1.54) is 12.1 Å². The molecule has 0 aliphatic rings. The van der Waals surface area contributed by atoms with Gasteiger partial charge in [-0.15, -0.1) is 0 Å². The van der Waals surface area contributed by atoms with Gasteiger partial charge in [-0.05, 0) is 41.8 Å². The number of rotatable bonds is 5. The summed E-state index contributed by atoms with van der Waals surface area (Å²) in [4.78, 5) is 4.48. The number of nitrogens with zero attached hydrogens (tertiary/aromatic N) is 1. The van der Waals surface area contributed by atoms with E-state index in [-0.39, 0.29) is 12.4 Å². The SMILES string of the molecule is Cc1ccccc1-c1cccnc1-c1ccc(C(F)(F)F)c(OCc2ccccc2)c1. The van der Waals surface area contributed by atoms with E-state index in [1.807, 2.05) is 73.7 Å². The molecule has 0 unspecified atom stereocenters. The molecule has 1 heterocycles. The number of halogens is 3. The number of aryl methyl sites for hydroxylation is 1. The van der Waals surface area contributed by atoms with Crippen LogP contribution in [0.3, 0.4) is 0 Å². The third-order valence-corrected chi connectivity index (χ3v) is 5.04. The van der Waals surface area contributed by atoms with Gasteiger partial charge in [-0.1, -0.05) is 66.7 Å². The number of aromatic nitrogens is 1. The van der Waals surface area contributed by atoms with Gasteiger partial charge in [0.2, 0.25) is 0 Å². The molecule has 31 heavy (non-hydrogen) atoms. The van der Waals surface area contributed by atoms with E-state index in [1.54, 1.807) is 6.20 Å². The van der Waals surface area contributed by atoms with E-state index < -0.39 is 11.7 Å². The van der Waals surface area contributed by atoms with Gasteiger partial charge in [0, 0.05) is 17.3 Å². The maximum Gasteiger partial charge on any atom is 0.419 e. The molecule has 0 atom stereocenters. The summed E-state index contributed by atoms with van der Waals surface area (Å²) in [6, 6.07) is 24.6. The zero-order valence-corrected chi connectivity index (χ0v) is 16.9. The highest BCUT2D eigenvalue weighted by atomic mass is 19.4. The molecule has 5 heteroatoms. The summed E-state index contributed by atoms with van der Waals surface area (Å²) < 4.78 is 46.5. The molecule has 156 valence electrons. The summed E-state index contributed by atoms with van der Waals surface area (Å²) in [5.41, 5.74) is 4.06. The average Bonchev–Trinajstić information content (AvgIpc) is 2.78. The molecular weight excluding hydrogens is 399 g/mol. The molecule has 0 radical (unpaired) electrons. The van der Waals surface area contributed by atoms with Gasteiger partial charge in [-0.25, -0.2) is 0 Å². The summed E-state index contributed by atoms with van der Waals surface area (Å²) in [6.45, 7) is 2.04. The van der Waals surface area contributed by atoms with Crippen LogP contribution in [0, 0.1) is 6.92 Å². The third-order valence-electron chi connectivity index (χ3n) is 5.04.